The highest BCUT2D eigenvalue weighted by atomic mass is 79.9. The maximum absolute atomic E-state index is 12.2. The largest absolute Gasteiger partial charge is 0.313 e. The molecule has 1 aliphatic carbocycles. The molecular formula is C15H24BrClN2O2S. The number of sulfonamides is 1. The van der Waals surface area contributed by atoms with E-state index in [1.807, 2.05) is 0 Å². The van der Waals surface area contributed by atoms with Crippen LogP contribution in [0.15, 0.2) is 33.6 Å². The first-order valence-electron chi connectivity index (χ1n) is 7.57. The Hall–Kier alpha value is -0.140. The lowest BCUT2D eigenvalue weighted by atomic mass is 10.1. The SMILES string of the molecule is Cl.O=S(=O)(NCCNC1CCCCCC1)c1ccccc1Br. The van der Waals surface area contributed by atoms with Crippen LogP contribution in [0, 0.1) is 0 Å². The number of hydrogen-bond acceptors (Lipinski definition) is 3. The Bertz CT molecular complexity index is 546. The highest BCUT2D eigenvalue weighted by Gasteiger charge is 2.16. The summed E-state index contributed by atoms with van der Waals surface area (Å²) in [6.07, 6.45) is 7.62. The van der Waals surface area contributed by atoms with Crippen LogP contribution < -0.4 is 10.0 Å². The smallest absolute Gasteiger partial charge is 0.241 e. The molecule has 0 aliphatic heterocycles. The number of halogens is 2. The van der Waals surface area contributed by atoms with Gasteiger partial charge in [-0.3, -0.25) is 0 Å². The van der Waals surface area contributed by atoms with Gasteiger partial charge in [0.1, 0.15) is 0 Å². The van der Waals surface area contributed by atoms with E-state index in [0.29, 0.717) is 28.5 Å². The first-order valence-corrected chi connectivity index (χ1v) is 9.85. The molecule has 1 fully saturated rings. The van der Waals surface area contributed by atoms with E-state index in [1.54, 1.807) is 24.3 Å². The van der Waals surface area contributed by atoms with Crippen molar-refractivity contribution >= 4 is 38.4 Å². The summed E-state index contributed by atoms with van der Waals surface area (Å²) in [6.45, 7) is 1.09. The van der Waals surface area contributed by atoms with E-state index in [4.69, 9.17) is 0 Å². The molecule has 7 heteroatoms. The van der Waals surface area contributed by atoms with Gasteiger partial charge in [-0.15, -0.1) is 12.4 Å². The van der Waals surface area contributed by atoms with E-state index >= 15 is 0 Å². The van der Waals surface area contributed by atoms with E-state index in [0.717, 1.165) is 0 Å². The van der Waals surface area contributed by atoms with Crippen molar-refractivity contribution in [2.24, 2.45) is 0 Å². The van der Waals surface area contributed by atoms with Crippen molar-refractivity contribution in [2.45, 2.75) is 49.5 Å². The maximum Gasteiger partial charge on any atom is 0.241 e. The van der Waals surface area contributed by atoms with Crippen LogP contribution in [0.3, 0.4) is 0 Å². The third-order valence-corrected chi connectivity index (χ3v) is 6.30. The van der Waals surface area contributed by atoms with Gasteiger partial charge in [0.25, 0.3) is 0 Å². The molecule has 1 saturated carbocycles. The lowest BCUT2D eigenvalue weighted by Crippen LogP contribution is -2.36. The Morgan fingerprint density at radius 1 is 1.05 bits per heavy atom. The number of rotatable bonds is 6. The van der Waals surface area contributed by atoms with Gasteiger partial charge in [-0.25, -0.2) is 13.1 Å². The van der Waals surface area contributed by atoms with Crippen LogP contribution in [-0.4, -0.2) is 27.5 Å². The minimum Gasteiger partial charge on any atom is -0.313 e. The van der Waals surface area contributed by atoms with E-state index in [9.17, 15) is 8.42 Å². The summed E-state index contributed by atoms with van der Waals surface area (Å²) in [5.41, 5.74) is 0. The summed E-state index contributed by atoms with van der Waals surface area (Å²) in [4.78, 5) is 0.291. The Balaban J connectivity index is 0.00000242. The van der Waals surface area contributed by atoms with Crippen LogP contribution in [0.1, 0.15) is 38.5 Å². The van der Waals surface area contributed by atoms with Crippen LogP contribution in [0.2, 0.25) is 0 Å². The molecule has 4 nitrogen and oxygen atoms in total. The monoisotopic (exact) mass is 410 g/mol. The molecule has 0 bridgehead atoms. The van der Waals surface area contributed by atoms with Gasteiger partial charge >= 0.3 is 0 Å². The summed E-state index contributed by atoms with van der Waals surface area (Å²) in [7, 11) is -3.44. The van der Waals surface area contributed by atoms with Crippen molar-refractivity contribution in [3.05, 3.63) is 28.7 Å². The van der Waals surface area contributed by atoms with Gasteiger partial charge in [0.05, 0.1) is 4.90 Å². The molecule has 0 spiro atoms. The van der Waals surface area contributed by atoms with Gasteiger partial charge < -0.3 is 5.32 Å². The van der Waals surface area contributed by atoms with E-state index < -0.39 is 10.0 Å². The fraction of sp³-hybridized carbons (Fsp3) is 0.600. The lowest BCUT2D eigenvalue weighted by molar-refractivity contribution is 0.461. The zero-order chi connectivity index (χ0) is 15.1. The average Bonchev–Trinajstić information content (AvgIpc) is 2.72. The summed E-state index contributed by atoms with van der Waals surface area (Å²) >= 11 is 3.28. The summed E-state index contributed by atoms with van der Waals surface area (Å²) in [5.74, 6) is 0. The zero-order valence-corrected chi connectivity index (χ0v) is 15.8. The summed E-state index contributed by atoms with van der Waals surface area (Å²) < 4.78 is 27.6. The second-order valence-electron chi connectivity index (χ2n) is 5.47. The number of nitrogens with one attached hydrogen (secondary N) is 2. The van der Waals surface area contributed by atoms with Gasteiger partial charge in [0, 0.05) is 23.6 Å². The Kier molecular flexibility index (Phi) is 8.94. The molecule has 0 amide bonds. The quantitative estimate of drug-likeness (QED) is 0.557. The highest BCUT2D eigenvalue weighted by Crippen LogP contribution is 2.20. The Labute approximate surface area is 148 Å². The van der Waals surface area contributed by atoms with E-state index in [-0.39, 0.29) is 12.4 Å². The predicted molar refractivity (Wildman–Crippen MR) is 96.1 cm³/mol. The molecular weight excluding hydrogens is 388 g/mol. The van der Waals surface area contributed by atoms with Crippen LogP contribution >= 0.6 is 28.3 Å². The van der Waals surface area contributed by atoms with Gasteiger partial charge in [-0.2, -0.15) is 0 Å². The van der Waals surface area contributed by atoms with Crippen molar-refractivity contribution < 1.29 is 8.42 Å². The normalized spacial score (nSPS) is 16.8. The van der Waals surface area contributed by atoms with Crippen molar-refractivity contribution in [3.8, 4) is 0 Å². The van der Waals surface area contributed by atoms with Crippen molar-refractivity contribution in [1.29, 1.82) is 0 Å². The number of hydrogen-bond donors (Lipinski definition) is 2. The van der Waals surface area contributed by atoms with Gasteiger partial charge in [0.15, 0.2) is 0 Å². The standard InChI is InChI=1S/C15H23BrN2O2S.ClH/c16-14-9-5-6-10-15(14)21(19,20)18-12-11-17-13-7-3-1-2-4-8-13;/h5-6,9-10,13,17-18H,1-4,7-8,11-12H2;1H. The lowest BCUT2D eigenvalue weighted by Gasteiger charge is -2.16. The average molecular weight is 412 g/mol. The topological polar surface area (TPSA) is 58.2 Å². The fourth-order valence-electron chi connectivity index (χ4n) is 2.69. The highest BCUT2D eigenvalue weighted by molar-refractivity contribution is 9.10. The summed E-state index contributed by atoms with van der Waals surface area (Å²) in [5, 5.41) is 3.46. The van der Waals surface area contributed by atoms with Gasteiger partial charge in [-0.1, -0.05) is 37.8 Å². The third-order valence-electron chi connectivity index (χ3n) is 3.83. The van der Waals surface area contributed by atoms with Gasteiger partial charge in [0.2, 0.25) is 10.0 Å². The molecule has 0 atom stereocenters. The Morgan fingerprint density at radius 3 is 2.32 bits per heavy atom. The molecule has 2 N–H and O–H groups in total. The third kappa shape index (κ3) is 6.16. The molecule has 0 aromatic heterocycles. The Morgan fingerprint density at radius 2 is 1.68 bits per heavy atom. The molecule has 1 aromatic rings. The number of benzene rings is 1. The fourth-order valence-corrected chi connectivity index (χ4v) is 4.72. The zero-order valence-electron chi connectivity index (χ0n) is 12.6. The maximum atomic E-state index is 12.2. The molecule has 1 aliphatic rings. The molecule has 2 rings (SSSR count). The van der Waals surface area contributed by atoms with Crippen LogP contribution in [0.5, 0.6) is 0 Å². The molecule has 0 unspecified atom stereocenters. The van der Waals surface area contributed by atoms with Gasteiger partial charge in [-0.05, 0) is 40.9 Å². The van der Waals surface area contributed by atoms with Crippen LogP contribution in [-0.2, 0) is 10.0 Å². The molecule has 126 valence electrons. The predicted octanol–water partition coefficient (Wildman–Crippen LogP) is 3.46. The molecule has 1 aromatic carbocycles. The molecule has 22 heavy (non-hydrogen) atoms. The molecule has 0 radical (unpaired) electrons. The van der Waals surface area contributed by atoms with Crippen LogP contribution in [0.25, 0.3) is 0 Å². The van der Waals surface area contributed by atoms with Crippen molar-refractivity contribution in [2.75, 3.05) is 13.1 Å². The first kappa shape index (κ1) is 19.9. The molecule has 0 heterocycles. The minimum absolute atomic E-state index is 0. The first-order chi connectivity index (χ1) is 10.1. The van der Waals surface area contributed by atoms with Crippen molar-refractivity contribution in [3.63, 3.8) is 0 Å². The van der Waals surface area contributed by atoms with E-state index in [2.05, 4.69) is 26.0 Å². The minimum atomic E-state index is -3.44. The summed E-state index contributed by atoms with van der Waals surface area (Å²) in [6, 6.07) is 7.41. The van der Waals surface area contributed by atoms with E-state index in [1.165, 1.54) is 38.5 Å². The van der Waals surface area contributed by atoms with Crippen molar-refractivity contribution in [1.82, 2.24) is 10.0 Å². The van der Waals surface area contributed by atoms with Crippen LogP contribution in [0.4, 0.5) is 0 Å². The second kappa shape index (κ2) is 9.88. The second-order valence-corrected chi connectivity index (χ2v) is 8.06. The molecule has 0 saturated heterocycles.